The monoisotopic (exact) mass is 336 g/mol. The standard InChI is InChI=1S/C16H18BrFN2/c1-10(2)11-3-5-12(6-4-11)16(20-19)13-7-8-14(17)15(18)9-13/h3-10,16,20H,19H2,1-2H3. The summed E-state index contributed by atoms with van der Waals surface area (Å²) in [6, 6.07) is 13.0. The minimum Gasteiger partial charge on any atom is -0.271 e. The zero-order valence-corrected chi connectivity index (χ0v) is 13.1. The van der Waals surface area contributed by atoms with Crippen LogP contribution in [-0.4, -0.2) is 0 Å². The van der Waals surface area contributed by atoms with Crippen LogP contribution in [0.3, 0.4) is 0 Å². The van der Waals surface area contributed by atoms with Gasteiger partial charge in [0.15, 0.2) is 0 Å². The Morgan fingerprint density at radius 2 is 1.55 bits per heavy atom. The first-order valence-corrected chi connectivity index (χ1v) is 7.33. The summed E-state index contributed by atoms with van der Waals surface area (Å²) in [7, 11) is 0. The molecular formula is C16H18BrFN2. The van der Waals surface area contributed by atoms with Crippen molar-refractivity contribution in [2.45, 2.75) is 25.8 Å². The number of halogens is 2. The van der Waals surface area contributed by atoms with Gasteiger partial charge < -0.3 is 0 Å². The lowest BCUT2D eigenvalue weighted by molar-refractivity contribution is 0.600. The summed E-state index contributed by atoms with van der Waals surface area (Å²) in [4.78, 5) is 0. The summed E-state index contributed by atoms with van der Waals surface area (Å²) in [5, 5.41) is 0. The highest BCUT2D eigenvalue weighted by Gasteiger charge is 2.14. The Labute approximate surface area is 127 Å². The molecule has 2 nitrogen and oxygen atoms in total. The fraction of sp³-hybridized carbons (Fsp3) is 0.250. The number of nitrogens with one attached hydrogen (secondary N) is 1. The highest BCUT2D eigenvalue weighted by Crippen LogP contribution is 2.26. The normalized spacial score (nSPS) is 12.7. The van der Waals surface area contributed by atoms with Crippen molar-refractivity contribution in [1.29, 1.82) is 0 Å². The van der Waals surface area contributed by atoms with Crippen LogP contribution in [0.4, 0.5) is 4.39 Å². The van der Waals surface area contributed by atoms with Gasteiger partial charge >= 0.3 is 0 Å². The van der Waals surface area contributed by atoms with Crippen molar-refractivity contribution < 1.29 is 4.39 Å². The Balaban J connectivity index is 2.33. The molecule has 0 heterocycles. The van der Waals surface area contributed by atoms with Gasteiger partial charge in [-0.05, 0) is 50.7 Å². The smallest absolute Gasteiger partial charge is 0.137 e. The Kier molecular flexibility index (Phi) is 4.91. The van der Waals surface area contributed by atoms with Crippen molar-refractivity contribution in [1.82, 2.24) is 5.43 Å². The van der Waals surface area contributed by atoms with Gasteiger partial charge in [0.2, 0.25) is 0 Å². The van der Waals surface area contributed by atoms with Crippen LogP contribution in [0.1, 0.15) is 42.5 Å². The largest absolute Gasteiger partial charge is 0.271 e. The summed E-state index contributed by atoms with van der Waals surface area (Å²) in [6.07, 6.45) is 0. The van der Waals surface area contributed by atoms with Gasteiger partial charge in [0.05, 0.1) is 10.5 Å². The van der Waals surface area contributed by atoms with E-state index in [9.17, 15) is 4.39 Å². The van der Waals surface area contributed by atoms with Crippen molar-refractivity contribution in [3.63, 3.8) is 0 Å². The number of hydrogen-bond donors (Lipinski definition) is 2. The minimum atomic E-state index is -0.290. The molecule has 0 aromatic heterocycles. The fourth-order valence-corrected chi connectivity index (χ4v) is 2.40. The average Bonchev–Trinajstić information content (AvgIpc) is 2.44. The first-order chi connectivity index (χ1) is 9.52. The summed E-state index contributed by atoms with van der Waals surface area (Å²) >= 11 is 3.16. The lowest BCUT2D eigenvalue weighted by Gasteiger charge is -2.18. The van der Waals surface area contributed by atoms with Gasteiger partial charge in [-0.1, -0.05) is 44.2 Å². The molecule has 0 fully saturated rings. The molecule has 0 saturated carbocycles. The Morgan fingerprint density at radius 3 is 2.05 bits per heavy atom. The molecule has 2 aromatic carbocycles. The van der Waals surface area contributed by atoms with Gasteiger partial charge in [-0.25, -0.2) is 9.82 Å². The van der Waals surface area contributed by atoms with Crippen LogP contribution in [0.5, 0.6) is 0 Å². The van der Waals surface area contributed by atoms with E-state index in [2.05, 4.69) is 47.3 Å². The summed E-state index contributed by atoms with van der Waals surface area (Å²) in [6.45, 7) is 4.30. The van der Waals surface area contributed by atoms with Crippen molar-refractivity contribution in [2.24, 2.45) is 5.84 Å². The first-order valence-electron chi connectivity index (χ1n) is 6.54. The molecule has 20 heavy (non-hydrogen) atoms. The Hall–Kier alpha value is -1.23. The molecule has 0 aliphatic rings. The van der Waals surface area contributed by atoms with Crippen LogP contribution in [0.25, 0.3) is 0 Å². The zero-order chi connectivity index (χ0) is 14.7. The van der Waals surface area contributed by atoms with E-state index in [1.54, 1.807) is 6.07 Å². The van der Waals surface area contributed by atoms with Gasteiger partial charge in [0.25, 0.3) is 0 Å². The van der Waals surface area contributed by atoms with E-state index in [1.807, 2.05) is 18.2 Å². The third kappa shape index (κ3) is 3.26. The predicted octanol–water partition coefficient (Wildman–Crippen LogP) is 4.26. The van der Waals surface area contributed by atoms with E-state index in [-0.39, 0.29) is 11.9 Å². The molecular weight excluding hydrogens is 319 g/mol. The summed E-state index contributed by atoms with van der Waals surface area (Å²) in [5.41, 5.74) is 5.83. The molecule has 0 bridgehead atoms. The third-order valence-corrected chi connectivity index (χ3v) is 4.02. The summed E-state index contributed by atoms with van der Waals surface area (Å²) in [5.74, 6) is 5.83. The van der Waals surface area contributed by atoms with E-state index in [0.29, 0.717) is 10.4 Å². The van der Waals surface area contributed by atoms with E-state index < -0.39 is 0 Å². The van der Waals surface area contributed by atoms with Crippen LogP contribution in [0, 0.1) is 5.82 Å². The van der Waals surface area contributed by atoms with Gasteiger partial charge in [-0.15, -0.1) is 0 Å². The van der Waals surface area contributed by atoms with Gasteiger partial charge in [-0.2, -0.15) is 0 Å². The molecule has 2 aromatic rings. The van der Waals surface area contributed by atoms with Gasteiger partial charge in [0.1, 0.15) is 5.82 Å². The molecule has 3 N–H and O–H groups in total. The second kappa shape index (κ2) is 6.48. The Morgan fingerprint density at radius 1 is 1.00 bits per heavy atom. The second-order valence-electron chi connectivity index (χ2n) is 5.09. The van der Waals surface area contributed by atoms with E-state index >= 15 is 0 Å². The molecule has 0 aliphatic carbocycles. The maximum atomic E-state index is 13.6. The molecule has 0 amide bonds. The third-order valence-electron chi connectivity index (χ3n) is 3.38. The fourth-order valence-electron chi connectivity index (χ4n) is 2.15. The molecule has 1 atom stereocenters. The van der Waals surface area contributed by atoms with E-state index in [0.717, 1.165) is 11.1 Å². The van der Waals surface area contributed by atoms with Gasteiger partial charge in [0, 0.05) is 0 Å². The second-order valence-corrected chi connectivity index (χ2v) is 5.95. The number of rotatable bonds is 4. The Bertz CT molecular complexity index is 582. The number of benzene rings is 2. The van der Waals surface area contributed by atoms with Crippen molar-refractivity contribution in [3.05, 3.63) is 69.4 Å². The topological polar surface area (TPSA) is 38.0 Å². The van der Waals surface area contributed by atoms with Crippen LogP contribution >= 0.6 is 15.9 Å². The molecule has 0 spiro atoms. The number of nitrogens with two attached hydrogens (primary N) is 1. The quantitative estimate of drug-likeness (QED) is 0.646. The van der Waals surface area contributed by atoms with Crippen LogP contribution in [0.2, 0.25) is 0 Å². The number of hydrogen-bond acceptors (Lipinski definition) is 2. The molecule has 0 radical (unpaired) electrons. The predicted molar refractivity (Wildman–Crippen MR) is 83.8 cm³/mol. The van der Waals surface area contributed by atoms with Crippen molar-refractivity contribution in [3.8, 4) is 0 Å². The first kappa shape index (κ1) is 15.2. The molecule has 0 saturated heterocycles. The maximum absolute atomic E-state index is 13.6. The molecule has 1 unspecified atom stereocenters. The van der Waals surface area contributed by atoms with Crippen molar-refractivity contribution in [2.75, 3.05) is 0 Å². The molecule has 2 rings (SSSR count). The highest BCUT2D eigenvalue weighted by atomic mass is 79.9. The lowest BCUT2D eigenvalue weighted by atomic mass is 9.95. The van der Waals surface area contributed by atoms with Crippen LogP contribution in [0.15, 0.2) is 46.9 Å². The molecule has 0 aliphatic heterocycles. The lowest BCUT2D eigenvalue weighted by Crippen LogP contribution is -2.28. The minimum absolute atomic E-state index is 0.223. The zero-order valence-electron chi connectivity index (χ0n) is 11.5. The number of hydrazine groups is 1. The molecule has 106 valence electrons. The molecule has 4 heteroatoms. The van der Waals surface area contributed by atoms with Crippen molar-refractivity contribution >= 4 is 15.9 Å². The average molecular weight is 337 g/mol. The van der Waals surface area contributed by atoms with E-state index in [4.69, 9.17) is 5.84 Å². The maximum Gasteiger partial charge on any atom is 0.137 e. The SMILES string of the molecule is CC(C)c1ccc(C(NN)c2ccc(Br)c(F)c2)cc1. The van der Waals surface area contributed by atoms with Gasteiger partial charge in [-0.3, -0.25) is 5.84 Å². The van der Waals surface area contributed by atoms with Crippen LogP contribution in [-0.2, 0) is 0 Å². The summed E-state index contributed by atoms with van der Waals surface area (Å²) < 4.78 is 14.1. The van der Waals surface area contributed by atoms with Crippen LogP contribution < -0.4 is 11.3 Å². The highest BCUT2D eigenvalue weighted by molar-refractivity contribution is 9.10. The van der Waals surface area contributed by atoms with E-state index in [1.165, 1.54) is 11.6 Å².